The van der Waals surface area contributed by atoms with E-state index in [9.17, 15) is 21.6 Å². The van der Waals surface area contributed by atoms with E-state index in [2.05, 4.69) is 4.40 Å². The van der Waals surface area contributed by atoms with Crippen LogP contribution in [0.15, 0.2) is 59.0 Å². The van der Waals surface area contributed by atoms with Crippen LogP contribution in [0, 0.1) is 0 Å². The van der Waals surface area contributed by atoms with E-state index in [1.54, 1.807) is 12.2 Å². The first-order chi connectivity index (χ1) is 12.1. The molecule has 0 aliphatic heterocycles. The zero-order chi connectivity index (χ0) is 19.4. The van der Waals surface area contributed by atoms with Crippen molar-refractivity contribution in [1.82, 2.24) is 0 Å². The highest BCUT2D eigenvalue weighted by molar-refractivity contribution is 7.91. The van der Waals surface area contributed by atoms with Crippen LogP contribution in [0.1, 0.15) is 5.56 Å². The Morgan fingerprint density at radius 3 is 2.27 bits per heavy atom. The van der Waals surface area contributed by atoms with E-state index in [1.165, 1.54) is 6.08 Å². The van der Waals surface area contributed by atoms with Crippen LogP contribution in [0.5, 0.6) is 0 Å². The Morgan fingerprint density at radius 2 is 1.62 bits per heavy atom. The standard InChI is InChI=1S/C18H17F3N2O2S/c1-23(2)16-10-9-15-8-7-14(17(15)12-11-16)6-4-3-5-13-22-26(24,25)18(19,20)21/h3-13H,1-2H3/b5-3+,6-4+,22-13+. The second kappa shape index (κ2) is 7.74. The summed E-state index contributed by atoms with van der Waals surface area (Å²) in [6.07, 6.45) is 6.50. The van der Waals surface area contributed by atoms with Gasteiger partial charge in [-0.05, 0) is 34.9 Å². The van der Waals surface area contributed by atoms with E-state index in [1.807, 2.05) is 55.4 Å². The zero-order valence-corrected chi connectivity index (χ0v) is 14.9. The van der Waals surface area contributed by atoms with Crippen molar-refractivity contribution in [3.63, 3.8) is 0 Å². The average Bonchev–Trinajstić information content (AvgIpc) is 2.78. The molecule has 8 heteroatoms. The lowest BCUT2D eigenvalue weighted by Gasteiger charge is -2.09. The molecule has 2 aliphatic carbocycles. The van der Waals surface area contributed by atoms with E-state index < -0.39 is 15.5 Å². The van der Waals surface area contributed by atoms with Crippen molar-refractivity contribution in [2.45, 2.75) is 5.51 Å². The summed E-state index contributed by atoms with van der Waals surface area (Å²) in [5.41, 5.74) is -1.32. The summed E-state index contributed by atoms with van der Waals surface area (Å²) in [6.45, 7) is 0. The van der Waals surface area contributed by atoms with Crippen LogP contribution in [0.2, 0.25) is 0 Å². The second-order valence-corrected chi connectivity index (χ2v) is 7.19. The molecular formula is C18H17F3N2O2S. The summed E-state index contributed by atoms with van der Waals surface area (Å²) >= 11 is 0. The molecular weight excluding hydrogens is 365 g/mol. The molecule has 0 N–H and O–H groups in total. The summed E-state index contributed by atoms with van der Waals surface area (Å²) in [5, 5.41) is 0. The minimum atomic E-state index is -5.49. The first kappa shape index (κ1) is 19.7. The molecule has 0 spiro atoms. The number of nitrogens with zero attached hydrogens (tertiary/aromatic N) is 2. The molecule has 2 aliphatic rings. The lowest BCUT2D eigenvalue weighted by atomic mass is 10.1. The molecule has 0 unspecified atom stereocenters. The van der Waals surface area contributed by atoms with Gasteiger partial charge in [-0.15, -0.1) is 0 Å². The van der Waals surface area contributed by atoms with Crippen molar-refractivity contribution in [3.05, 3.63) is 60.2 Å². The van der Waals surface area contributed by atoms with E-state index in [0.29, 0.717) is 6.21 Å². The van der Waals surface area contributed by atoms with Gasteiger partial charge in [-0.1, -0.05) is 42.5 Å². The fourth-order valence-corrected chi connectivity index (χ4v) is 2.50. The van der Waals surface area contributed by atoms with Crippen LogP contribution < -0.4 is 4.90 Å². The molecule has 0 aromatic heterocycles. The van der Waals surface area contributed by atoms with Gasteiger partial charge in [0, 0.05) is 26.0 Å². The highest BCUT2D eigenvalue weighted by Gasteiger charge is 2.45. The Labute approximate surface area is 150 Å². The van der Waals surface area contributed by atoms with E-state index >= 15 is 0 Å². The number of halogens is 3. The molecule has 0 heterocycles. The molecule has 0 saturated heterocycles. The minimum Gasteiger partial charge on any atom is -0.378 e. The predicted molar refractivity (Wildman–Crippen MR) is 99.0 cm³/mol. The van der Waals surface area contributed by atoms with Crippen molar-refractivity contribution < 1.29 is 21.6 Å². The molecule has 0 fully saturated rings. The van der Waals surface area contributed by atoms with Gasteiger partial charge in [0.15, 0.2) is 0 Å². The fourth-order valence-electron chi connectivity index (χ4n) is 2.15. The molecule has 0 atom stereocenters. The van der Waals surface area contributed by atoms with Crippen molar-refractivity contribution in [1.29, 1.82) is 0 Å². The van der Waals surface area contributed by atoms with Gasteiger partial charge < -0.3 is 4.90 Å². The number of anilines is 1. The number of allylic oxidation sites excluding steroid dienone is 3. The topological polar surface area (TPSA) is 49.7 Å². The molecule has 4 nitrogen and oxygen atoms in total. The molecule has 0 bridgehead atoms. The van der Waals surface area contributed by atoms with Gasteiger partial charge in [-0.2, -0.15) is 26.0 Å². The van der Waals surface area contributed by atoms with Gasteiger partial charge in [0.1, 0.15) is 0 Å². The van der Waals surface area contributed by atoms with E-state index in [0.717, 1.165) is 28.5 Å². The Hall–Kier alpha value is -2.61. The highest BCUT2D eigenvalue weighted by atomic mass is 32.2. The van der Waals surface area contributed by atoms with Crippen molar-refractivity contribution >= 4 is 28.0 Å². The lowest BCUT2D eigenvalue weighted by Crippen LogP contribution is -2.20. The number of alkyl halides is 3. The van der Waals surface area contributed by atoms with Gasteiger partial charge in [-0.3, -0.25) is 0 Å². The normalized spacial score (nSPS) is 13.4. The highest BCUT2D eigenvalue weighted by Crippen LogP contribution is 2.29. The van der Waals surface area contributed by atoms with Crippen LogP contribution in [-0.4, -0.2) is 34.2 Å². The number of hydrogen-bond acceptors (Lipinski definition) is 3. The molecule has 26 heavy (non-hydrogen) atoms. The first-order valence-electron chi connectivity index (χ1n) is 7.52. The SMILES string of the molecule is CN(C)c1ccc2ccc(/C=C/C=C/C=N/S(=O)(=O)C(F)(F)F)c-2cc1. The Kier molecular flexibility index (Phi) is 5.86. The third kappa shape index (κ3) is 4.72. The van der Waals surface area contributed by atoms with Crippen molar-refractivity contribution in [3.8, 4) is 11.1 Å². The Morgan fingerprint density at radius 1 is 0.962 bits per heavy atom. The lowest BCUT2D eigenvalue weighted by molar-refractivity contribution is -0.0435. The van der Waals surface area contributed by atoms with Crippen LogP contribution in [0.3, 0.4) is 0 Å². The van der Waals surface area contributed by atoms with Gasteiger partial charge >= 0.3 is 15.5 Å². The van der Waals surface area contributed by atoms with E-state index in [4.69, 9.17) is 0 Å². The third-order valence-corrected chi connectivity index (χ3v) is 4.50. The maximum atomic E-state index is 12.1. The smallest absolute Gasteiger partial charge is 0.378 e. The quantitative estimate of drug-likeness (QED) is 0.571. The molecule has 0 radical (unpaired) electrons. The van der Waals surface area contributed by atoms with Crippen LogP contribution in [0.25, 0.3) is 17.2 Å². The van der Waals surface area contributed by atoms with Gasteiger partial charge in [0.05, 0.1) is 0 Å². The van der Waals surface area contributed by atoms with Crippen LogP contribution in [-0.2, 0) is 10.0 Å². The van der Waals surface area contributed by atoms with Gasteiger partial charge in [0.2, 0.25) is 0 Å². The Balaban J connectivity index is 2.12. The predicted octanol–water partition coefficient (Wildman–Crippen LogP) is 4.35. The Bertz CT molecular complexity index is 930. The maximum absolute atomic E-state index is 12.1. The van der Waals surface area contributed by atoms with Gasteiger partial charge in [0.25, 0.3) is 0 Å². The van der Waals surface area contributed by atoms with Gasteiger partial charge in [-0.25, -0.2) is 0 Å². The van der Waals surface area contributed by atoms with Crippen LogP contribution in [0.4, 0.5) is 18.9 Å². The third-order valence-electron chi connectivity index (χ3n) is 3.51. The molecule has 2 rings (SSSR count). The summed E-state index contributed by atoms with van der Waals surface area (Å²) in [4.78, 5) is 1.99. The maximum Gasteiger partial charge on any atom is 0.518 e. The molecule has 0 saturated carbocycles. The zero-order valence-electron chi connectivity index (χ0n) is 14.1. The molecule has 138 valence electrons. The molecule has 0 aromatic carbocycles. The average molecular weight is 382 g/mol. The van der Waals surface area contributed by atoms with Crippen molar-refractivity contribution in [2.24, 2.45) is 4.40 Å². The largest absolute Gasteiger partial charge is 0.518 e. The number of hydrogen-bond donors (Lipinski definition) is 0. The number of sulfonamides is 1. The first-order valence-corrected chi connectivity index (χ1v) is 8.96. The number of fused-ring (bicyclic) bond motifs is 1. The summed E-state index contributed by atoms with van der Waals surface area (Å²) in [5.74, 6) is 0. The van der Waals surface area contributed by atoms with Crippen LogP contribution >= 0.6 is 0 Å². The summed E-state index contributed by atoms with van der Waals surface area (Å²) in [6, 6.07) is 11.9. The molecule has 0 amide bonds. The monoisotopic (exact) mass is 382 g/mol. The summed E-state index contributed by atoms with van der Waals surface area (Å²) < 4.78 is 60.4. The van der Waals surface area contributed by atoms with E-state index in [-0.39, 0.29) is 0 Å². The fraction of sp³-hybridized carbons (Fsp3) is 0.167. The second-order valence-electron chi connectivity index (χ2n) is 5.56. The summed E-state index contributed by atoms with van der Waals surface area (Å²) in [7, 11) is -1.58. The number of rotatable bonds is 5. The molecule has 0 aromatic rings. The minimum absolute atomic E-state index is 0.597. The van der Waals surface area contributed by atoms with Crippen molar-refractivity contribution in [2.75, 3.05) is 19.0 Å².